The molecule has 1 aliphatic carbocycles. The standard InChI is InChI=1S/C13H20ClN3O2/c1-3-10-11(14)15-13(19)17(12(10)18)8-7-16(4-2)9-5-6-9/h9H,3-8H2,1-2H3,(H,15,19). The van der Waals surface area contributed by atoms with Crippen molar-refractivity contribution in [3.63, 3.8) is 0 Å². The highest BCUT2D eigenvalue weighted by atomic mass is 35.5. The lowest BCUT2D eigenvalue weighted by Gasteiger charge is -2.20. The summed E-state index contributed by atoms with van der Waals surface area (Å²) in [5.74, 6) is 0. The Kier molecular flexibility index (Phi) is 4.47. The predicted molar refractivity (Wildman–Crippen MR) is 76.0 cm³/mol. The third kappa shape index (κ3) is 3.09. The van der Waals surface area contributed by atoms with Gasteiger partial charge in [0.1, 0.15) is 5.15 Å². The van der Waals surface area contributed by atoms with Gasteiger partial charge in [-0.2, -0.15) is 0 Å². The van der Waals surface area contributed by atoms with E-state index in [2.05, 4.69) is 16.8 Å². The van der Waals surface area contributed by atoms with Crippen molar-refractivity contribution in [2.45, 2.75) is 45.7 Å². The smallest absolute Gasteiger partial charge is 0.299 e. The van der Waals surface area contributed by atoms with E-state index in [0.717, 1.165) is 13.1 Å². The monoisotopic (exact) mass is 285 g/mol. The number of halogens is 1. The summed E-state index contributed by atoms with van der Waals surface area (Å²) in [7, 11) is 0. The molecule has 0 bridgehead atoms. The highest BCUT2D eigenvalue weighted by molar-refractivity contribution is 6.30. The lowest BCUT2D eigenvalue weighted by Crippen LogP contribution is -2.41. The Bertz CT molecular complexity index is 560. The van der Waals surface area contributed by atoms with Crippen LogP contribution in [-0.4, -0.2) is 33.6 Å². The van der Waals surface area contributed by atoms with Gasteiger partial charge in [-0.05, 0) is 25.8 Å². The second kappa shape index (κ2) is 5.92. The molecular weight excluding hydrogens is 266 g/mol. The molecule has 1 aromatic rings. The van der Waals surface area contributed by atoms with E-state index >= 15 is 0 Å². The van der Waals surface area contributed by atoms with E-state index in [4.69, 9.17) is 11.6 Å². The molecule has 19 heavy (non-hydrogen) atoms. The van der Waals surface area contributed by atoms with Gasteiger partial charge in [0, 0.05) is 19.1 Å². The average molecular weight is 286 g/mol. The molecule has 0 atom stereocenters. The molecule has 0 unspecified atom stereocenters. The quantitative estimate of drug-likeness (QED) is 0.800. The van der Waals surface area contributed by atoms with E-state index in [-0.39, 0.29) is 10.7 Å². The summed E-state index contributed by atoms with van der Waals surface area (Å²) in [5.41, 5.74) is -0.196. The minimum Gasteiger partial charge on any atom is -0.299 e. The van der Waals surface area contributed by atoms with Gasteiger partial charge in [0.05, 0.1) is 5.56 Å². The van der Waals surface area contributed by atoms with E-state index in [9.17, 15) is 9.59 Å². The summed E-state index contributed by atoms with van der Waals surface area (Å²) in [6.45, 7) is 6.06. The van der Waals surface area contributed by atoms with Gasteiger partial charge >= 0.3 is 5.69 Å². The Hall–Kier alpha value is -1.07. The number of nitrogens with zero attached hydrogens (tertiary/aromatic N) is 2. The highest BCUT2D eigenvalue weighted by Gasteiger charge is 2.27. The van der Waals surface area contributed by atoms with Gasteiger partial charge in [0.15, 0.2) is 0 Å². The summed E-state index contributed by atoms with van der Waals surface area (Å²) in [5, 5.41) is 0.170. The van der Waals surface area contributed by atoms with Crippen molar-refractivity contribution < 1.29 is 0 Å². The maximum Gasteiger partial charge on any atom is 0.329 e. The number of aromatic amines is 1. The molecule has 1 fully saturated rings. The molecule has 2 rings (SSSR count). The molecule has 1 aliphatic rings. The van der Waals surface area contributed by atoms with Gasteiger partial charge in [-0.1, -0.05) is 25.4 Å². The van der Waals surface area contributed by atoms with Gasteiger partial charge in [0.25, 0.3) is 5.56 Å². The largest absolute Gasteiger partial charge is 0.329 e. The lowest BCUT2D eigenvalue weighted by atomic mass is 10.2. The minimum absolute atomic E-state index is 0.170. The van der Waals surface area contributed by atoms with E-state index < -0.39 is 5.69 Å². The number of aromatic nitrogens is 2. The Morgan fingerprint density at radius 3 is 2.58 bits per heavy atom. The molecule has 106 valence electrons. The normalized spacial score (nSPS) is 15.2. The van der Waals surface area contributed by atoms with Crippen LogP contribution in [-0.2, 0) is 13.0 Å². The number of hydrogen-bond acceptors (Lipinski definition) is 3. The van der Waals surface area contributed by atoms with Gasteiger partial charge in [0.2, 0.25) is 0 Å². The fourth-order valence-electron chi connectivity index (χ4n) is 2.36. The third-order valence-electron chi connectivity index (χ3n) is 3.66. The van der Waals surface area contributed by atoms with Crippen LogP contribution in [0.2, 0.25) is 5.15 Å². The van der Waals surface area contributed by atoms with Crippen LogP contribution in [0, 0.1) is 0 Å². The zero-order valence-corrected chi connectivity index (χ0v) is 12.2. The molecule has 0 spiro atoms. The maximum atomic E-state index is 12.2. The first-order chi connectivity index (χ1) is 9.08. The van der Waals surface area contributed by atoms with Crippen molar-refractivity contribution in [1.29, 1.82) is 0 Å². The van der Waals surface area contributed by atoms with Crippen molar-refractivity contribution in [3.05, 3.63) is 31.6 Å². The third-order valence-corrected chi connectivity index (χ3v) is 3.99. The van der Waals surface area contributed by atoms with Gasteiger partial charge in [-0.3, -0.25) is 19.2 Å². The molecule has 0 aromatic carbocycles. The SMILES string of the molecule is CCc1c(Cl)[nH]c(=O)n(CCN(CC)C2CC2)c1=O. The van der Waals surface area contributed by atoms with Crippen LogP contribution in [0.3, 0.4) is 0 Å². The molecule has 0 saturated heterocycles. The summed E-state index contributed by atoms with van der Waals surface area (Å²) in [4.78, 5) is 28.8. The molecule has 0 aliphatic heterocycles. The average Bonchev–Trinajstić information content (AvgIpc) is 3.18. The molecule has 0 radical (unpaired) electrons. The van der Waals surface area contributed by atoms with Gasteiger partial charge in [-0.15, -0.1) is 0 Å². The first kappa shape index (κ1) is 14.3. The predicted octanol–water partition coefficient (Wildman–Crippen LogP) is 1.24. The Labute approximate surface area is 117 Å². The molecule has 5 nitrogen and oxygen atoms in total. The van der Waals surface area contributed by atoms with E-state index in [0.29, 0.717) is 24.6 Å². The van der Waals surface area contributed by atoms with Crippen LogP contribution in [0.25, 0.3) is 0 Å². The highest BCUT2D eigenvalue weighted by Crippen LogP contribution is 2.26. The summed E-state index contributed by atoms with van der Waals surface area (Å²) < 4.78 is 1.26. The number of rotatable bonds is 6. The van der Waals surface area contributed by atoms with Crippen LogP contribution in [0.1, 0.15) is 32.3 Å². The van der Waals surface area contributed by atoms with Gasteiger partial charge in [-0.25, -0.2) is 4.79 Å². The zero-order chi connectivity index (χ0) is 14.0. The first-order valence-corrected chi connectivity index (χ1v) is 7.21. The molecule has 1 saturated carbocycles. The van der Waals surface area contributed by atoms with Crippen molar-refractivity contribution in [1.82, 2.24) is 14.5 Å². The summed E-state index contributed by atoms with van der Waals surface area (Å²) >= 11 is 5.88. The second-order valence-corrected chi connectivity index (χ2v) is 5.27. The van der Waals surface area contributed by atoms with Crippen molar-refractivity contribution in [2.75, 3.05) is 13.1 Å². The van der Waals surface area contributed by atoms with E-state index in [1.807, 2.05) is 6.92 Å². The molecule has 1 N–H and O–H groups in total. The van der Waals surface area contributed by atoms with Gasteiger partial charge < -0.3 is 0 Å². The van der Waals surface area contributed by atoms with Crippen molar-refractivity contribution >= 4 is 11.6 Å². The number of hydrogen-bond donors (Lipinski definition) is 1. The molecule has 0 amide bonds. The summed E-state index contributed by atoms with van der Waals surface area (Å²) in [6.07, 6.45) is 2.97. The first-order valence-electron chi connectivity index (χ1n) is 6.84. The zero-order valence-electron chi connectivity index (χ0n) is 11.4. The van der Waals surface area contributed by atoms with Crippen LogP contribution >= 0.6 is 11.6 Å². The Morgan fingerprint density at radius 1 is 1.37 bits per heavy atom. The molecule has 6 heteroatoms. The Balaban J connectivity index is 2.20. The number of H-pyrrole nitrogens is 1. The second-order valence-electron chi connectivity index (χ2n) is 4.89. The topological polar surface area (TPSA) is 58.1 Å². The number of nitrogens with one attached hydrogen (secondary N) is 1. The van der Waals surface area contributed by atoms with Crippen LogP contribution in [0.15, 0.2) is 9.59 Å². The minimum atomic E-state index is -0.418. The van der Waals surface area contributed by atoms with Crippen LogP contribution in [0.5, 0.6) is 0 Å². The van der Waals surface area contributed by atoms with E-state index in [1.54, 1.807) is 0 Å². The Morgan fingerprint density at radius 2 is 2.05 bits per heavy atom. The number of likely N-dealkylation sites (N-methyl/N-ethyl adjacent to an activating group) is 1. The lowest BCUT2D eigenvalue weighted by molar-refractivity contribution is 0.263. The van der Waals surface area contributed by atoms with E-state index in [1.165, 1.54) is 17.4 Å². The molecule has 1 heterocycles. The molecular formula is C13H20ClN3O2. The summed E-state index contributed by atoms with van der Waals surface area (Å²) in [6, 6.07) is 0.637. The fourth-order valence-corrected chi connectivity index (χ4v) is 2.66. The van der Waals surface area contributed by atoms with Crippen molar-refractivity contribution in [3.8, 4) is 0 Å². The van der Waals surface area contributed by atoms with Crippen molar-refractivity contribution in [2.24, 2.45) is 0 Å². The van der Waals surface area contributed by atoms with Crippen LogP contribution < -0.4 is 11.2 Å². The maximum absolute atomic E-state index is 12.2. The van der Waals surface area contributed by atoms with Crippen LogP contribution in [0.4, 0.5) is 0 Å². The fraction of sp³-hybridized carbons (Fsp3) is 0.692. The molecule has 1 aromatic heterocycles.